The van der Waals surface area contributed by atoms with Gasteiger partial charge in [0.05, 0.1) is 0 Å². The highest BCUT2D eigenvalue weighted by Crippen LogP contribution is 2.50. The van der Waals surface area contributed by atoms with Crippen LogP contribution in [0.25, 0.3) is 0 Å². The molecule has 0 spiro atoms. The molecule has 1 rings (SSSR count). The minimum atomic E-state index is 0.432. The maximum atomic E-state index is 2.38. The number of hydrogen-bond acceptors (Lipinski definition) is 0. The summed E-state index contributed by atoms with van der Waals surface area (Å²) >= 11 is 0. The van der Waals surface area contributed by atoms with Crippen molar-refractivity contribution >= 4 is 7.92 Å². The molecule has 0 unspecified atom stereocenters. The Hall–Kier alpha value is 0.430. The van der Waals surface area contributed by atoms with Crippen LogP contribution in [0.1, 0.15) is 52.9 Å². The quantitative estimate of drug-likeness (QED) is 0.587. The molecule has 1 aliphatic heterocycles. The van der Waals surface area contributed by atoms with Crippen LogP contribution in [-0.2, 0) is 0 Å². The van der Waals surface area contributed by atoms with E-state index >= 15 is 0 Å². The fourth-order valence-corrected chi connectivity index (χ4v) is 5.91. The lowest BCUT2D eigenvalue weighted by molar-refractivity contribution is 0.467. The van der Waals surface area contributed by atoms with Crippen molar-refractivity contribution < 1.29 is 0 Å². The zero-order chi connectivity index (χ0) is 9.68. The Morgan fingerprint density at radius 2 is 1.62 bits per heavy atom. The van der Waals surface area contributed by atoms with E-state index in [1.54, 1.807) is 25.2 Å². The molecule has 1 aliphatic rings. The first kappa shape index (κ1) is 11.5. The van der Waals surface area contributed by atoms with Gasteiger partial charge in [0, 0.05) is 0 Å². The topological polar surface area (TPSA) is 0 Å². The molecular weight excluding hydrogens is 175 g/mol. The van der Waals surface area contributed by atoms with Crippen LogP contribution in [0.3, 0.4) is 0 Å². The molecule has 0 saturated carbocycles. The Labute approximate surface area is 85.2 Å². The fraction of sp³-hybridized carbons (Fsp3) is 1.00. The summed E-state index contributed by atoms with van der Waals surface area (Å²) in [5.41, 5.74) is 1.09. The predicted molar refractivity (Wildman–Crippen MR) is 64.0 cm³/mol. The number of rotatable bonds is 4. The molecular formula is C12H25P. The van der Waals surface area contributed by atoms with Gasteiger partial charge in [-0.2, -0.15) is 0 Å². The van der Waals surface area contributed by atoms with Gasteiger partial charge >= 0.3 is 0 Å². The van der Waals surface area contributed by atoms with E-state index in [4.69, 9.17) is 0 Å². The highest BCUT2D eigenvalue weighted by Gasteiger charge is 2.23. The van der Waals surface area contributed by atoms with Gasteiger partial charge in [-0.25, -0.2) is 0 Å². The fourth-order valence-electron chi connectivity index (χ4n) is 2.53. The second kappa shape index (κ2) is 6.02. The van der Waals surface area contributed by atoms with E-state index in [-0.39, 0.29) is 0 Å². The number of hydrogen-bond donors (Lipinski definition) is 0. The Bertz CT molecular complexity index is 121. The van der Waals surface area contributed by atoms with Crippen LogP contribution in [0.15, 0.2) is 0 Å². The van der Waals surface area contributed by atoms with E-state index in [0.29, 0.717) is 7.92 Å². The summed E-state index contributed by atoms with van der Waals surface area (Å²) in [6.45, 7) is 7.11. The molecule has 0 N–H and O–H groups in total. The molecule has 1 heteroatoms. The summed E-state index contributed by atoms with van der Waals surface area (Å²) < 4.78 is 0. The van der Waals surface area contributed by atoms with Gasteiger partial charge in [0.1, 0.15) is 0 Å². The molecule has 1 fully saturated rings. The van der Waals surface area contributed by atoms with Gasteiger partial charge in [-0.15, -0.1) is 7.92 Å². The summed E-state index contributed by atoms with van der Waals surface area (Å²) in [6, 6.07) is 0. The minimum Gasteiger partial charge on any atom is -0.104 e. The monoisotopic (exact) mass is 200 g/mol. The normalized spacial score (nSPS) is 29.5. The second-order valence-electron chi connectivity index (χ2n) is 4.36. The molecule has 0 nitrogen and oxygen atoms in total. The second-order valence-corrected chi connectivity index (χ2v) is 7.16. The third-order valence-electron chi connectivity index (χ3n) is 3.69. The lowest BCUT2D eigenvalue weighted by Gasteiger charge is -2.33. The Kier molecular flexibility index (Phi) is 5.32. The molecule has 13 heavy (non-hydrogen) atoms. The molecule has 0 aliphatic carbocycles. The van der Waals surface area contributed by atoms with E-state index in [1.165, 1.54) is 19.3 Å². The molecule has 0 aromatic carbocycles. The molecule has 78 valence electrons. The van der Waals surface area contributed by atoms with Crippen molar-refractivity contribution in [2.45, 2.75) is 58.5 Å². The Balaban J connectivity index is 2.30. The van der Waals surface area contributed by atoms with Gasteiger partial charge in [0.25, 0.3) is 0 Å². The van der Waals surface area contributed by atoms with Crippen molar-refractivity contribution in [3.05, 3.63) is 0 Å². The molecule has 0 radical (unpaired) electrons. The van der Waals surface area contributed by atoms with Gasteiger partial charge in [-0.05, 0) is 49.6 Å². The van der Waals surface area contributed by atoms with Crippen molar-refractivity contribution in [1.82, 2.24) is 0 Å². The van der Waals surface area contributed by atoms with Crippen LogP contribution < -0.4 is 0 Å². The largest absolute Gasteiger partial charge is 0.104 e. The van der Waals surface area contributed by atoms with E-state index in [0.717, 1.165) is 11.6 Å². The van der Waals surface area contributed by atoms with Crippen molar-refractivity contribution in [3.63, 3.8) is 0 Å². The van der Waals surface area contributed by atoms with Gasteiger partial charge in [-0.1, -0.05) is 27.2 Å². The third-order valence-corrected chi connectivity index (χ3v) is 7.11. The van der Waals surface area contributed by atoms with Crippen LogP contribution in [0.5, 0.6) is 0 Å². The molecule has 0 amide bonds. The average Bonchev–Trinajstić information content (AvgIpc) is 2.21. The predicted octanol–water partition coefficient (Wildman–Crippen LogP) is 4.48. The zero-order valence-electron chi connectivity index (χ0n) is 9.55. The molecule has 0 aromatic rings. The van der Waals surface area contributed by atoms with E-state index < -0.39 is 0 Å². The van der Waals surface area contributed by atoms with Crippen LogP contribution in [-0.4, -0.2) is 18.0 Å². The minimum absolute atomic E-state index is 0.432. The highest BCUT2D eigenvalue weighted by molar-refractivity contribution is 7.58. The summed E-state index contributed by atoms with van der Waals surface area (Å²) in [5, 5.41) is 0. The van der Waals surface area contributed by atoms with E-state index in [2.05, 4.69) is 20.8 Å². The maximum absolute atomic E-state index is 2.38. The van der Waals surface area contributed by atoms with E-state index in [9.17, 15) is 0 Å². The van der Waals surface area contributed by atoms with Crippen molar-refractivity contribution in [2.75, 3.05) is 12.3 Å². The van der Waals surface area contributed by atoms with Crippen molar-refractivity contribution in [1.29, 1.82) is 0 Å². The van der Waals surface area contributed by atoms with Gasteiger partial charge in [0.15, 0.2) is 0 Å². The summed E-state index contributed by atoms with van der Waals surface area (Å²) in [7, 11) is 0.432. The van der Waals surface area contributed by atoms with Crippen molar-refractivity contribution in [2.24, 2.45) is 5.92 Å². The van der Waals surface area contributed by atoms with Gasteiger partial charge in [0.2, 0.25) is 0 Å². The van der Waals surface area contributed by atoms with E-state index in [1.807, 2.05) is 0 Å². The highest BCUT2D eigenvalue weighted by atomic mass is 31.1. The maximum Gasteiger partial charge on any atom is -0.0214 e. The molecule has 1 saturated heterocycles. The first-order chi connectivity index (χ1) is 6.31. The standard InChI is InChI=1S/C12H25P/c1-4-11-7-9-13(10-8-11)12(5-2)6-3/h11-12H,4-10H2,1-3H3. The summed E-state index contributed by atoms with van der Waals surface area (Å²) in [5.74, 6) is 1.08. The molecule has 0 atom stereocenters. The summed E-state index contributed by atoms with van der Waals surface area (Å²) in [6.07, 6.45) is 10.5. The van der Waals surface area contributed by atoms with Gasteiger partial charge < -0.3 is 0 Å². The first-order valence-electron chi connectivity index (χ1n) is 6.05. The summed E-state index contributed by atoms with van der Waals surface area (Å²) in [4.78, 5) is 0. The van der Waals surface area contributed by atoms with Crippen LogP contribution >= 0.6 is 7.92 Å². The van der Waals surface area contributed by atoms with Gasteiger partial charge in [-0.3, -0.25) is 0 Å². The Morgan fingerprint density at radius 3 is 2.00 bits per heavy atom. The van der Waals surface area contributed by atoms with Crippen LogP contribution in [0.4, 0.5) is 0 Å². The molecule has 1 heterocycles. The van der Waals surface area contributed by atoms with Crippen molar-refractivity contribution in [3.8, 4) is 0 Å². The van der Waals surface area contributed by atoms with Crippen LogP contribution in [0, 0.1) is 5.92 Å². The SMILES string of the molecule is CCC1CCP(C(CC)CC)CC1. The molecule has 0 aromatic heterocycles. The van der Waals surface area contributed by atoms with Crippen LogP contribution in [0.2, 0.25) is 0 Å². The smallest absolute Gasteiger partial charge is 0.0214 e. The molecule has 0 bridgehead atoms. The Morgan fingerprint density at radius 1 is 1.08 bits per heavy atom. The lowest BCUT2D eigenvalue weighted by Crippen LogP contribution is -2.17. The third kappa shape index (κ3) is 3.24. The lowest BCUT2D eigenvalue weighted by atomic mass is 10.0. The average molecular weight is 200 g/mol. The zero-order valence-corrected chi connectivity index (χ0v) is 10.4. The first-order valence-corrected chi connectivity index (χ1v) is 7.83.